The second kappa shape index (κ2) is 10.9. The maximum atomic E-state index is 13.1. The van der Waals surface area contributed by atoms with Crippen molar-refractivity contribution >= 4 is 33.0 Å². The Bertz CT molecular complexity index is 1240. The maximum Gasteiger partial charge on any atom is 0.261 e. The molecule has 9 heteroatoms. The Balaban J connectivity index is 1.29. The van der Waals surface area contributed by atoms with Crippen molar-refractivity contribution in [3.05, 3.63) is 84.2 Å². The first kappa shape index (κ1) is 24.7. The van der Waals surface area contributed by atoms with Crippen LogP contribution in [0.5, 0.6) is 0 Å². The summed E-state index contributed by atoms with van der Waals surface area (Å²) in [4.78, 5) is 17.2. The van der Waals surface area contributed by atoms with Crippen LogP contribution in [0.25, 0.3) is 0 Å². The molecule has 0 aromatic heterocycles. The van der Waals surface area contributed by atoms with E-state index in [9.17, 15) is 17.6 Å². The van der Waals surface area contributed by atoms with Gasteiger partial charge in [-0.2, -0.15) is 0 Å². The Kier molecular flexibility index (Phi) is 7.67. The number of piperazine rings is 1. The van der Waals surface area contributed by atoms with Crippen molar-refractivity contribution in [1.29, 1.82) is 0 Å². The van der Waals surface area contributed by atoms with Crippen LogP contribution in [0.1, 0.15) is 12.5 Å². The van der Waals surface area contributed by atoms with Crippen LogP contribution in [0.2, 0.25) is 0 Å². The molecule has 1 aliphatic heterocycles. The number of nitrogens with one attached hydrogen (secondary N) is 2. The fourth-order valence-electron chi connectivity index (χ4n) is 3.99. The molecular weight excluding hydrogens is 467 g/mol. The Labute approximate surface area is 205 Å². The van der Waals surface area contributed by atoms with Gasteiger partial charge < -0.3 is 15.1 Å². The van der Waals surface area contributed by atoms with E-state index >= 15 is 0 Å². The summed E-state index contributed by atoms with van der Waals surface area (Å²) in [7, 11) is -3.82. The van der Waals surface area contributed by atoms with E-state index in [1.165, 1.54) is 12.1 Å². The molecule has 1 heterocycles. The average molecular weight is 497 g/mol. The number of nitrogens with zero attached hydrogens (tertiary/aromatic N) is 2. The number of sulfonamides is 1. The molecule has 0 unspecified atom stereocenters. The standard InChI is InChI=1S/C26H29FN4O3S/c1-2-30-15-17-31(18-16-30)24-11-9-22(10-12-24)28-26(32)19-20-3-7-23(8-4-20)29-35(33,34)25-13-5-21(27)6-14-25/h3-14,29H,2,15-19H2,1H3,(H,28,32). The molecule has 1 amide bonds. The number of benzene rings is 3. The first-order chi connectivity index (χ1) is 16.8. The van der Waals surface area contributed by atoms with Gasteiger partial charge >= 0.3 is 0 Å². The number of carbonyl (C=O) groups excluding carboxylic acids is 1. The van der Waals surface area contributed by atoms with Crippen molar-refractivity contribution < 1.29 is 17.6 Å². The van der Waals surface area contributed by atoms with Crippen LogP contribution in [0.4, 0.5) is 21.5 Å². The molecule has 184 valence electrons. The molecule has 1 aliphatic rings. The van der Waals surface area contributed by atoms with Gasteiger partial charge in [0.2, 0.25) is 5.91 Å². The highest BCUT2D eigenvalue weighted by Gasteiger charge is 2.16. The summed E-state index contributed by atoms with van der Waals surface area (Å²) in [6.45, 7) is 7.36. The SMILES string of the molecule is CCN1CCN(c2ccc(NC(=O)Cc3ccc(NS(=O)(=O)c4ccc(F)cc4)cc3)cc2)CC1. The van der Waals surface area contributed by atoms with Crippen LogP contribution in [0, 0.1) is 5.82 Å². The lowest BCUT2D eigenvalue weighted by Crippen LogP contribution is -2.46. The molecule has 0 saturated carbocycles. The fourth-order valence-corrected chi connectivity index (χ4v) is 5.05. The van der Waals surface area contributed by atoms with Crippen LogP contribution in [-0.2, 0) is 21.2 Å². The van der Waals surface area contributed by atoms with Gasteiger partial charge in [-0.15, -0.1) is 0 Å². The summed E-state index contributed by atoms with van der Waals surface area (Å²) in [6, 6.07) is 19.0. The number of anilines is 3. The number of likely N-dealkylation sites (N-methyl/N-ethyl adjacent to an activating group) is 1. The maximum absolute atomic E-state index is 13.1. The normalized spacial score (nSPS) is 14.5. The largest absolute Gasteiger partial charge is 0.369 e. The number of halogens is 1. The molecule has 7 nitrogen and oxygen atoms in total. The number of hydrogen-bond acceptors (Lipinski definition) is 5. The molecule has 3 aromatic rings. The Hall–Kier alpha value is -3.43. The van der Waals surface area contributed by atoms with Crippen molar-refractivity contribution in [3.63, 3.8) is 0 Å². The van der Waals surface area contributed by atoms with Crippen molar-refractivity contribution in [2.24, 2.45) is 0 Å². The highest BCUT2D eigenvalue weighted by molar-refractivity contribution is 7.92. The lowest BCUT2D eigenvalue weighted by molar-refractivity contribution is -0.115. The first-order valence-electron chi connectivity index (χ1n) is 11.6. The van der Waals surface area contributed by atoms with E-state index in [1.807, 2.05) is 24.3 Å². The summed E-state index contributed by atoms with van der Waals surface area (Å²) in [5.41, 5.74) is 2.98. The smallest absolute Gasteiger partial charge is 0.261 e. The van der Waals surface area contributed by atoms with Crippen LogP contribution in [0.3, 0.4) is 0 Å². The lowest BCUT2D eigenvalue weighted by atomic mass is 10.1. The molecule has 0 radical (unpaired) electrons. The third-order valence-corrected chi connectivity index (χ3v) is 7.43. The lowest BCUT2D eigenvalue weighted by Gasteiger charge is -2.35. The van der Waals surface area contributed by atoms with Crippen molar-refractivity contribution in [2.75, 3.05) is 47.7 Å². The van der Waals surface area contributed by atoms with E-state index in [0.717, 1.165) is 61.8 Å². The molecule has 1 saturated heterocycles. The summed E-state index contributed by atoms with van der Waals surface area (Å²) < 4.78 is 40.4. The predicted octanol–water partition coefficient (Wildman–Crippen LogP) is 3.95. The minimum Gasteiger partial charge on any atom is -0.369 e. The van der Waals surface area contributed by atoms with E-state index in [1.54, 1.807) is 24.3 Å². The molecule has 3 aromatic carbocycles. The molecular formula is C26H29FN4O3S. The Morgan fingerprint density at radius 1 is 0.857 bits per heavy atom. The average Bonchev–Trinajstić information content (AvgIpc) is 2.86. The summed E-state index contributed by atoms with van der Waals surface area (Å²) in [5, 5.41) is 2.91. The van der Waals surface area contributed by atoms with Gasteiger partial charge in [0.25, 0.3) is 10.0 Å². The van der Waals surface area contributed by atoms with Crippen LogP contribution in [0.15, 0.2) is 77.7 Å². The highest BCUT2D eigenvalue weighted by Crippen LogP contribution is 2.21. The number of carbonyl (C=O) groups is 1. The van der Waals surface area contributed by atoms with Gasteiger partial charge in [0.05, 0.1) is 11.3 Å². The van der Waals surface area contributed by atoms with Gasteiger partial charge in [-0.3, -0.25) is 9.52 Å². The third kappa shape index (κ3) is 6.58. The number of amides is 1. The molecule has 0 aliphatic carbocycles. The Morgan fingerprint density at radius 3 is 2.06 bits per heavy atom. The number of hydrogen-bond donors (Lipinski definition) is 2. The molecule has 0 bridgehead atoms. The number of rotatable bonds is 8. The molecule has 0 atom stereocenters. The van der Waals surface area contributed by atoms with Crippen LogP contribution < -0.4 is 14.9 Å². The minimum atomic E-state index is -3.82. The molecule has 4 rings (SSSR count). The summed E-state index contributed by atoms with van der Waals surface area (Å²) in [6.07, 6.45) is 0.158. The van der Waals surface area contributed by atoms with Gasteiger partial charge in [0.1, 0.15) is 5.82 Å². The molecule has 1 fully saturated rings. The minimum absolute atomic E-state index is 0.0309. The quantitative estimate of drug-likeness (QED) is 0.494. The van der Waals surface area contributed by atoms with Gasteiger partial charge in [0.15, 0.2) is 0 Å². The third-order valence-electron chi connectivity index (χ3n) is 6.03. The first-order valence-corrected chi connectivity index (χ1v) is 13.1. The van der Waals surface area contributed by atoms with Gasteiger partial charge in [-0.1, -0.05) is 19.1 Å². The van der Waals surface area contributed by atoms with E-state index < -0.39 is 15.8 Å². The van der Waals surface area contributed by atoms with Crippen molar-refractivity contribution in [3.8, 4) is 0 Å². The van der Waals surface area contributed by atoms with Gasteiger partial charge in [-0.05, 0) is 72.8 Å². The van der Waals surface area contributed by atoms with Gasteiger partial charge in [0, 0.05) is 43.2 Å². The molecule has 0 spiro atoms. The van der Waals surface area contributed by atoms with Crippen molar-refractivity contribution in [2.45, 2.75) is 18.2 Å². The fraction of sp³-hybridized carbons (Fsp3) is 0.269. The summed E-state index contributed by atoms with van der Waals surface area (Å²) in [5.74, 6) is -0.665. The second-order valence-electron chi connectivity index (χ2n) is 8.45. The topological polar surface area (TPSA) is 81.8 Å². The van der Waals surface area contributed by atoms with Crippen LogP contribution >= 0.6 is 0 Å². The highest BCUT2D eigenvalue weighted by atomic mass is 32.2. The molecule has 35 heavy (non-hydrogen) atoms. The zero-order chi connectivity index (χ0) is 24.8. The zero-order valence-electron chi connectivity index (χ0n) is 19.6. The zero-order valence-corrected chi connectivity index (χ0v) is 20.4. The second-order valence-corrected chi connectivity index (χ2v) is 10.1. The molecule has 2 N–H and O–H groups in total. The van der Waals surface area contributed by atoms with E-state index in [-0.39, 0.29) is 17.2 Å². The monoisotopic (exact) mass is 496 g/mol. The predicted molar refractivity (Wildman–Crippen MR) is 137 cm³/mol. The summed E-state index contributed by atoms with van der Waals surface area (Å²) >= 11 is 0. The van der Waals surface area contributed by atoms with E-state index in [4.69, 9.17) is 0 Å². The van der Waals surface area contributed by atoms with Crippen molar-refractivity contribution in [1.82, 2.24) is 4.90 Å². The van der Waals surface area contributed by atoms with Crippen LogP contribution in [-0.4, -0.2) is 51.9 Å². The van der Waals surface area contributed by atoms with E-state index in [2.05, 4.69) is 26.8 Å². The van der Waals surface area contributed by atoms with Gasteiger partial charge in [-0.25, -0.2) is 12.8 Å². The Morgan fingerprint density at radius 2 is 1.46 bits per heavy atom. The van der Waals surface area contributed by atoms with E-state index in [0.29, 0.717) is 5.69 Å².